The Morgan fingerprint density at radius 3 is 2.53 bits per heavy atom. The first-order valence-electron chi connectivity index (χ1n) is 11.3. The number of hydrogen-bond donors (Lipinski definition) is 2. The third kappa shape index (κ3) is 4.59. The zero-order valence-corrected chi connectivity index (χ0v) is 19.9. The summed E-state index contributed by atoms with van der Waals surface area (Å²) in [5.41, 5.74) is 8.48. The molecule has 0 saturated carbocycles. The number of aliphatic hydroxyl groups is 1. The molecule has 2 aliphatic rings. The summed E-state index contributed by atoms with van der Waals surface area (Å²) < 4.78 is 6.63. The van der Waals surface area contributed by atoms with Crippen LogP contribution in [0.25, 0.3) is 21.6 Å². The average Bonchev–Trinajstić information content (AvgIpc) is 3.19. The Balaban J connectivity index is 1.48. The van der Waals surface area contributed by atoms with Gasteiger partial charge in [0.05, 0.1) is 29.0 Å². The van der Waals surface area contributed by atoms with E-state index in [9.17, 15) is 9.90 Å². The molecule has 1 atom stereocenters. The monoisotopic (exact) mass is 484 g/mol. The molecule has 2 aliphatic heterocycles. The number of aromatic nitrogens is 4. The lowest BCUT2D eigenvalue weighted by Gasteiger charge is -2.35. The van der Waals surface area contributed by atoms with Gasteiger partial charge in [-0.3, -0.25) is 14.6 Å². The Bertz CT molecular complexity index is 1160. The van der Waals surface area contributed by atoms with Gasteiger partial charge in [0, 0.05) is 63.1 Å². The minimum absolute atomic E-state index is 0.216. The van der Waals surface area contributed by atoms with Crippen LogP contribution in [0.2, 0.25) is 0 Å². The topological polar surface area (TPSA) is 134 Å². The van der Waals surface area contributed by atoms with Crippen LogP contribution in [-0.2, 0) is 16.1 Å². The lowest BCUT2D eigenvalue weighted by Crippen LogP contribution is -2.50. The molecule has 0 radical (unpaired) electrons. The number of nitrogen functional groups attached to an aromatic ring is 1. The van der Waals surface area contributed by atoms with Crippen LogP contribution in [0.15, 0.2) is 12.4 Å². The predicted octanol–water partition coefficient (Wildman–Crippen LogP) is 0.510. The molecule has 5 rings (SSSR count). The van der Waals surface area contributed by atoms with Crippen molar-refractivity contribution in [2.75, 3.05) is 63.1 Å². The van der Waals surface area contributed by atoms with E-state index in [0.29, 0.717) is 38.4 Å². The molecule has 0 aromatic carbocycles. The number of aldehydes is 1. The molecule has 11 nitrogen and oxygen atoms in total. The van der Waals surface area contributed by atoms with Crippen LogP contribution in [0.5, 0.6) is 0 Å². The fraction of sp³-hybridized carbons (Fsp3) is 0.500. The largest absolute Gasteiger partial charge is 0.378 e. The zero-order chi connectivity index (χ0) is 23.7. The van der Waals surface area contributed by atoms with Gasteiger partial charge in [-0.15, -0.1) is 11.3 Å². The second kappa shape index (κ2) is 9.84. The van der Waals surface area contributed by atoms with Crippen molar-refractivity contribution < 1.29 is 14.6 Å². The van der Waals surface area contributed by atoms with E-state index >= 15 is 0 Å². The standard InChI is InChI=1S/C22H28N8O3S/c1-14-16(12-28-2-4-29(5-3-28)17(32)13-31)34-19-18(14)26-20(15-10-24-22(23)25-11-15)27-21(19)30-6-8-33-9-7-30/h10-11,13,17,32H,2-9,12H2,1H3,(H2,23,24,25). The van der Waals surface area contributed by atoms with E-state index in [-0.39, 0.29) is 5.95 Å². The molecule has 3 N–H and O–H groups in total. The maximum absolute atomic E-state index is 10.9. The molecule has 3 aromatic heterocycles. The molecular weight excluding hydrogens is 456 g/mol. The van der Waals surface area contributed by atoms with Crippen LogP contribution in [0.1, 0.15) is 10.4 Å². The van der Waals surface area contributed by atoms with Crippen molar-refractivity contribution in [2.45, 2.75) is 19.7 Å². The summed E-state index contributed by atoms with van der Waals surface area (Å²) in [6.45, 7) is 8.67. The molecule has 5 heterocycles. The number of anilines is 2. The lowest BCUT2D eigenvalue weighted by atomic mass is 10.2. The number of carbonyl (C=O) groups excluding carboxylic acids is 1. The van der Waals surface area contributed by atoms with E-state index < -0.39 is 6.23 Å². The smallest absolute Gasteiger partial charge is 0.219 e. The molecule has 0 spiro atoms. The summed E-state index contributed by atoms with van der Waals surface area (Å²) in [7, 11) is 0. The average molecular weight is 485 g/mol. The number of nitrogens with zero attached hydrogens (tertiary/aromatic N) is 7. The molecular formula is C22H28N8O3S. The number of hydrogen-bond acceptors (Lipinski definition) is 12. The SMILES string of the molecule is Cc1c(CN2CCN(C(O)C=O)CC2)sc2c(N3CCOCC3)nc(-c3cnc(N)nc3)nc12. The highest BCUT2D eigenvalue weighted by Gasteiger charge is 2.25. The number of aryl methyl sites for hydroxylation is 1. The highest BCUT2D eigenvalue weighted by atomic mass is 32.1. The Hall–Kier alpha value is -2.77. The van der Waals surface area contributed by atoms with Crippen molar-refractivity contribution >= 4 is 39.6 Å². The Kier molecular flexibility index (Phi) is 6.66. The minimum atomic E-state index is -1.02. The van der Waals surface area contributed by atoms with Gasteiger partial charge in [-0.25, -0.2) is 19.9 Å². The second-order valence-corrected chi connectivity index (χ2v) is 9.60. The normalized spacial score (nSPS) is 18.9. The quantitative estimate of drug-likeness (QED) is 0.474. The third-order valence-electron chi connectivity index (χ3n) is 6.36. The van der Waals surface area contributed by atoms with Crippen molar-refractivity contribution in [3.8, 4) is 11.4 Å². The number of carbonyl (C=O) groups is 1. The summed E-state index contributed by atoms with van der Waals surface area (Å²) in [6.07, 6.45) is 2.88. The number of rotatable bonds is 6. The van der Waals surface area contributed by atoms with Gasteiger partial charge in [-0.05, 0) is 12.5 Å². The molecule has 2 fully saturated rings. The van der Waals surface area contributed by atoms with Crippen molar-refractivity contribution in [3.63, 3.8) is 0 Å². The Morgan fingerprint density at radius 2 is 1.85 bits per heavy atom. The molecule has 0 bridgehead atoms. The van der Waals surface area contributed by atoms with Crippen LogP contribution in [0.4, 0.5) is 11.8 Å². The summed E-state index contributed by atoms with van der Waals surface area (Å²) in [6, 6.07) is 0. The first-order chi connectivity index (χ1) is 16.5. The van der Waals surface area contributed by atoms with Gasteiger partial charge in [0.25, 0.3) is 0 Å². The maximum Gasteiger partial charge on any atom is 0.219 e. The number of piperazine rings is 1. The molecule has 180 valence electrons. The van der Waals surface area contributed by atoms with Crippen molar-refractivity contribution in [2.24, 2.45) is 0 Å². The fourth-order valence-corrected chi connectivity index (χ4v) is 5.62. The van der Waals surface area contributed by atoms with Crippen molar-refractivity contribution in [1.29, 1.82) is 0 Å². The number of nitrogens with two attached hydrogens (primary N) is 1. The van der Waals surface area contributed by atoms with Gasteiger partial charge in [0.1, 0.15) is 0 Å². The molecule has 2 saturated heterocycles. The first-order valence-corrected chi connectivity index (χ1v) is 12.2. The van der Waals surface area contributed by atoms with Crippen LogP contribution < -0.4 is 10.6 Å². The van der Waals surface area contributed by atoms with Gasteiger partial charge < -0.3 is 20.5 Å². The molecule has 3 aromatic rings. The van der Waals surface area contributed by atoms with Crippen LogP contribution >= 0.6 is 11.3 Å². The van der Waals surface area contributed by atoms with Crippen molar-refractivity contribution in [1.82, 2.24) is 29.7 Å². The summed E-state index contributed by atoms with van der Waals surface area (Å²) in [5, 5.41) is 9.78. The van der Waals surface area contributed by atoms with Gasteiger partial charge in [-0.1, -0.05) is 0 Å². The Labute approximate surface area is 201 Å². The first kappa shape index (κ1) is 23.0. The summed E-state index contributed by atoms with van der Waals surface area (Å²) >= 11 is 1.74. The lowest BCUT2D eigenvalue weighted by molar-refractivity contribution is -0.125. The molecule has 0 aliphatic carbocycles. The number of thiophene rings is 1. The Morgan fingerprint density at radius 1 is 1.15 bits per heavy atom. The van der Waals surface area contributed by atoms with Gasteiger partial charge >= 0.3 is 0 Å². The van der Waals surface area contributed by atoms with Crippen molar-refractivity contribution in [3.05, 3.63) is 22.8 Å². The fourth-order valence-electron chi connectivity index (χ4n) is 4.32. The molecule has 34 heavy (non-hydrogen) atoms. The minimum Gasteiger partial charge on any atom is -0.378 e. The van der Waals surface area contributed by atoms with E-state index in [1.165, 1.54) is 4.88 Å². The van der Waals surface area contributed by atoms with E-state index in [0.717, 1.165) is 59.9 Å². The molecule has 1 unspecified atom stereocenters. The number of ether oxygens (including phenoxy) is 1. The maximum atomic E-state index is 10.9. The van der Waals surface area contributed by atoms with Crippen LogP contribution in [0, 0.1) is 6.92 Å². The third-order valence-corrected chi connectivity index (χ3v) is 7.62. The molecule has 0 amide bonds. The highest BCUT2D eigenvalue weighted by Crippen LogP contribution is 2.38. The summed E-state index contributed by atoms with van der Waals surface area (Å²) in [4.78, 5) is 36.6. The molecule has 12 heteroatoms. The van der Waals surface area contributed by atoms with E-state index in [1.54, 1.807) is 28.6 Å². The van der Waals surface area contributed by atoms with Gasteiger partial charge in [0.2, 0.25) is 5.95 Å². The van der Waals surface area contributed by atoms with Gasteiger partial charge in [0.15, 0.2) is 24.2 Å². The zero-order valence-electron chi connectivity index (χ0n) is 19.1. The second-order valence-electron chi connectivity index (χ2n) is 8.49. The predicted molar refractivity (Wildman–Crippen MR) is 130 cm³/mol. The van der Waals surface area contributed by atoms with E-state index in [2.05, 4.69) is 26.7 Å². The number of aliphatic hydroxyl groups excluding tert-OH is 1. The highest BCUT2D eigenvalue weighted by molar-refractivity contribution is 7.19. The number of morpholine rings is 1. The van der Waals surface area contributed by atoms with E-state index in [1.807, 2.05) is 0 Å². The van der Waals surface area contributed by atoms with Gasteiger partial charge in [-0.2, -0.15) is 0 Å². The summed E-state index contributed by atoms with van der Waals surface area (Å²) in [5.74, 6) is 1.71. The van der Waals surface area contributed by atoms with Crippen LogP contribution in [0.3, 0.4) is 0 Å². The van der Waals surface area contributed by atoms with E-state index in [4.69, 9.17) is 20.4 Å². The number of fused-ring (bicyclic) bond motifs is 1. The van der Waals surface area contributed by atoms with Crippen LogP contribution in [-0.4, -0.2) is 99.8 Å².